The smallest absolute Gasteiger partial charge is 0.305 e. The fraction of sp³-hybridized carbons (Fsp3) is 0.294. The van der Waals surface area contributed by atoms with E-state index in [9.17, 15) is 9.59 Å². The molecule has 0 fully saturated rings. The molecule has 0 aliphatic heterocycles. The molecule has 1 atom stereocenters. The molecule has 1 heterocycles. The molecule has 1 aromatic heterocycles. The number of aliphatic carboxylic acids is 1. The minimum absolute atomic E-state index is 0.114. The van der Waals surface area contributed by atoms with Crippen molar-refractivity contribution in [2.75, 3.05) is 13.7 Å². The van der Waals surface area contributed by atoms with Crippen LogP contribution in [0.25, 0.3) is 0 Å². The lowest BCUT2D eigenvalue weighted by atomic mass is 10.0. The quantitative estimate of drug-likeness (QED) is 0.770. The van der Waals surface area contributed by atoms with Crippen LogP contribution in [-0.4, -0.2) is 30.7 Å². The van der Waals surface area contributed by atoms with E-state index in [2.05, 4.69) is 5.32 Å². The van der Waals surface area contributed by atoms with Crippen LogP contribution in [0.3, 0.4) is 0 Å². The summed E-state index contributed by atoms with van der Waals surface area (Å²) in [5.41, 5.74) is 0.595. The molecular formula is C17H19NO6. The molecule has 0 spiro atoms. The number of rotatable bonds is 8. The second kappa shape index (κ2) is 8.05. The first-order valence-electron chi connectivity index (χ1n) is 7.42. The van der Waals surface area contributed by atoms with E-state index in [1.165, 1.54) is 19.4 Å². The van der Waals surface area contributed by atoms with Crippen molar-refractivity contribution in [2.24, 2.45) is 0 Å². The highest BCUT2D eigenvalue weighted by Gasteiger charge is 2.21. The number of benzene rings is 1. The van der Waals surface area contributed by atoms with Gasteiger partial charge in [-0.1, -0.05) is 6.07 Å². The first kappa shape index (κ1) is 17.4. The van der Waals surface area contributed by atoms with Crippen molar-refractivity contribution in [3.8, 4) is 11.5 Å². The number of methoxy groups -OCH3 is 1. The Morgan fingerprint density at radius 1 is 1.29 bits per heavy atom. The molecule has 2 rings (SSSR count). The number of carbonyl (C=O) groups is 2. The highest BCUT2D eigenvalue weighted by molar-refractivity contribution is 5.92. The van der Waals surface area contributed by atoms with Crippen LogP contribution in [0, 0.1) is 0 Å². The molecule has 0 aliphatic carbocycles. The van der Waals surface area contributed by atoms with Gasteiger partial charge in [0, 0.05) is 0 Å². The zero-order chi connectivity index (χ0) is 17.5. The Labute approximate surface area is 139 Å². The largest absolute Gasteiger partial charge is 0.493 e. The monoisotopic (exact) mass is 333 g/mol. The summed E-state index contributed by atoms with van der Waals surface area (Å²) in [6.45, 7) is 2.33. The van der Waals surface area contributed by atoms with E-state index in [1.54, 1.807) is 24.3 Å². The molecule has 24 heavy (non-hydrogen) atoms. The van der Waals surface area contributed by atoms with E-state index in [1.807, 2.05) is 6.92 Å². The number of nitrogens with one attached hydrogen (secondary N) is 1. The standard InChI is InChI=1S/C17H19NO6/c1-3-23-13-7-6-11(9-15(13)22-2)12(10-16(19)20)18-17(21)14-5-4-8-24-14/h4-9,12H,3,10H2,1-2H3,(H,18,21)(H,19,20)/t12-/m0/s1. The van der Waals surface area contributed by atoms with E-state index in [-0.39, 0.29) is 12.2 Å². The average Bonchev–Trinajstić information content (AvgIpc) is 3.09. The Kier molecular flexibility index (Phi) is 5.83. The molecule has 7 heteroatoms. The Balaban J connectivity index is 2.26. The van der Waals surface area contributed by atoms with Crippen molar-refractivity contribution >= 4 is 11.9 Å². The first-order chi connectivity index (χ1) is 11.5. The average molecular weight is 333 g/mol. The summed E-state index contributed by atoms with van der Waals surface area (Å²) in [5, 5.41) is 11.8. The van der Waals surface area contributed by atoms with Crippen molar-refractivity contribution in [3.63, 3.8) is 0 Å². The van der Waals surface area contributed by atoms with Crippen LogP contribution in [0.1, 0.15) is 35.5 Å². The normalized spacial score (nSPS) is 11.6. The number of carboxylic acids is 1. The Bertz CT molecular complexity index is 695. The van der Waals surface area contributed by atoms with Crippen LogP contribution in [0.15, 0.2) is 41.0 Å². The maximum absolute atomic E-state index is 12.1. The lowest BCUT2D eigenvalue weighted by Gasteiger charge is -2.18. The van der Waals surface area contributed by atoms with Gasteiger partial charge < -0.3 is 24.3 Å². The van der Waals surface area contributed by atoms with Crippen LogP contribution >= 0.6 is 0 Å². The third-order valence-electron chi connectivity index (χ3n) is 3.32. The molecule has 0 radical (unpaired) electrons. The number of amides is 1. The number of ether oxygens (including phenoxy) is 2. The maximum Gasteiger partial charge on any atom is 0.305 e. The summed E-state index contributed by atoms with van der Waals surface area (Å²) in [6, 6.07) is 7.40. The van der Waals surface area contributed by atoms with Crippen molar-refractivity contribution in [2.45, 2.75) is 19.4 Å². The van der Waals surface area contributed by atoms with E-state index in [4.69, 9.17) is 19.0 Å². The lowest BCUT2D eigenvalue weighted by Crippen LogP contribution is -2.30. The van der Waals surface area contributed by atoms with Crippen LogP contribution in [0.4, 0.5) is 0 Å². The molecule has 128 valence electrons. The molecule has 0 saturated heterocycles. The van der Waals surface area contributed by atoms with E-state index < -0.39 is 17.9 Å². The minimum atomic E-state index is -1.03. The predicted molar refractivity (Wildman–Crippen MR) is 85.3 cm³/mol. The minimum Gasteiger partial charge on any atom is -0.493 e. The summed E-state index contributed by atoms with van der Waals surface area (Å²) < 4.78 is 15.7. The molecular weight excluding hydrogens is 314 g/mol. The van der Waals surface area contributed by atoms with E-state index in [0.29, 0.717) is 23.7 Å². The highest BCUT2D eigenvalue weighted by atomic mass is 16.5. The Morgan fingerprint density at radius 3 is 2.67 bits per heavy atom. The predicted octanol–water partition coefficient (Wildman–Crippen LogP) is 2.63. The van der Waals surface area contributed by atoms with Crippen molar-refractivity contribution in [1.82, 2.24) is 5.32 Å². The molecule has 0 aliphatic rings. The van der Waals surface area contributed by atoms with E-state index in [0.717, 1.165) is 0 Å². The summed E-state index contributed by atoms with van der Waals surface area (Å²) in [5.74, 6) is -0.387. The Hall–Kier alpha value is -2.96. The van der Waals surface area contributed by atoms with Gasteiger partial charge in [0.2, 0.25) is 0 Å². The first-order valence-corrected chi connectivity index (χ1v) is 7.42. The molecule has 7 nitrogen and oxygen atoms in total. The Morgan fingerprint density at radius 2 is 2.08 bits per heavy atom. The molecule has 0 saturated carbocycles. The third kappa shape index (κ3) is 4.28. The van der Waals surface area contributed by atoms with Crippen LogP contribution in [-0.2, 0) is 4.79 Å². The molecule has 1 aromatic carbocycles. The van der Waals surface area contributed by atoms with Gasteiger partial charge in [-0.3, -0.25) is 9.59 Å². The second-order valence-electron chi connectivity index (χ2n) is 4.94. The van der Waals surface area contributed by atoms with Gasteiger partial charge in [-0.05, 0) is 36.8 Å². The molecule has 0 bridgehead atoms. The van der Waals surface area contributed by atoms with E-state index >= 15 is 0 Å². The fourth-order valence-electron chi connectivity index (χ4n) is 2.24. The number of hydrogen-bond acceptors (Lipinski definition) is 5. The summed E-state index contributed by atoms with van der Waals surface area (Å²) >= 11 is 0. The number of carbonyl (C=O) groups excluding carboxylic acids is 1. The zero-order valence-corrected chi connectivity index (χ0v) is 13.4. The summed E-state index contributed by atoms with van der Waals surface area (Å²) in [4.78, 5) is 23.3. The fourth-order valence-corrected chi connectivity index (χ4v) is 2.24. The van der Waals surface area contributed by atoms with Gasteiger partial charge >= 0.3 is 5.97 Å². The van der Waals surface area contributed by atoms with Crippen molar-refractivity contribution in [3.05, 3.63) is 47.9 Å². The van der Waals surface area contributed by atoms with Gasteiger partial charge in [-0.25, -0.2) is 0 Å². The molecule has 1 amide bonds. The third-order valence-corrected chi connectivity index (χ3v) is 3.32. The number of hydrogen-bond donors (Lipinski definition) is 2. The lowest BCUT2D eigenvalue weighted by molar-refractivity contribution is -0.137. The zero-order valence-electron chi connectivity index (χ0n) is 13.4. The van der Waals surface area contributed by atoms with Crippen LogP contribution < -0.4 is 14.8 Å². The molecule has 0 unspecified atom stereocenters. The molecule has 2 N–H and O–H groups in total. The highest BCUT2D eigenvalue weighted by Crippen LogP contribution is 2.31. The van der Waals surface area contributed by atoms with Crippen molar-refractivity contribution in [1.29, 1.82) is 0 Å². The van der Waals surface area contributed by atoms with Crippen molar-refractivity contribution < 1.29 is 28.6 Å². The van der Waals surface area contributed by atoms with Gasteiger partial charge in [-0.15, -0.1) is 0 Å². The second-order valence-corrected chi connectivity index (χ2v) is 4.94. The van der Waals surface area contributed by atoms with Crippen LogP contribution in [0.2, 0.25) is 0 Å². The van der Waals surface area contributed by atoms with Gasteiger partial charge in [0.1, 0.15) is 0 Å². The van der Waals surface area contributed by atoms with Crippen LogP contribution in [0.5, 0.6) is 11.5 Å². The molecule has 2 aromatic rings. The number of furan rings is 1. The van der Waals surface area contributed by atoms with Gasteiger partial charge in [-0.2, -0.15) is 0 Å². The SMILES string of the molecule is CCOc1ccc([C@H](CC(=O)O)NC(=O)c2ccco2)cc1OC. The maximum atomic E-state index is 12.1. The summed E-state index contributed by atoms with van der Waals surface area (Å²) in [6.07, 6.45) is 1.10. The van der Waals surface area contributed by atoms with Gasteiger partial charge in [0.25, 0.3) is 5.91 Å². The summed E-state index contributed by atoms with van der Waals surface area (Å²) in [7, 11) is 1.50. The number of carboxylic acid groups (broad SMARTS) is 1. The topological polar surface area (TPSA) is 98.0 Å². The van der Waals surface area contributed by atoms with Gasteiger partial charge in [0.05, 0.1) is 32.4 Å². The van der Waals surface area contributed by atoms with Gasteiger partial charge in [0.15, 0.2) is 17.3 Å².